The zero-order valence-electron chi connectivity index (χ0n) is 13.8. The zero-order valence-corrected chi connectivity index (χ0v) is 14.6. The van der Waals surface area contributed by atoms with E-state index in [4.69, 9.17) is 0 Å². The number of anilines is 1. The highest BCUT2D eigenvalue weighted by Gasteiger charge is 2.36. The van der Waals surface area contributed by atoms with Gasteiger partial charge in [-0.1, -0.05) is 72.8 Å². The number of nitrogens with zero attached hydrogens (tertiary/aromatic N) is 1. The molecule has 3 nitrogen and oxygen atoms in total. The molecular formula is C22H15NO2S. The molecule has 126 valence electrons. The third kappa shape index (κ3) is 3.19. The van der Waals surface area contributed by atoms with Gasteiger partial charge in [0.1, 0.15) is 0 Å². The van der Waals surface area contributed by atoms with E-state index in [1.807, 2.05) is 60.7 Å². The lowest BCUT2D eigenvalue weighted by atomic mass is 10.0. The van der Waals surface area contributed by atoms with Crippen LogP contribution in [0.25, 0.3) is 17.2 Å². The number of amides is 2. The largest absolute Gasteiger partial charge is 0.298 e. The van der Waals surface area contributed by atoms with Crippen molar-refractivity contribution >= 4 is 34.7 Å². The molecule has 1 aliphatic heterocycles. The molecule has 1 heterocycles. The van der Waals surface area contributed by atoms with Crippen molar-refractivity contribution in [2.45, 2.75) is 0 Å². The van der Waals surface area contributed by atoms with E-state index >= 15 is 0 Å². The molecule has 1 saturated heterocycles. The second-order valence-electron chi connectivity index (χ2n) is 5.84. The van der Waals surface area contributed by atoms with Crippen LogP contribution < -0.4 is 4.90 Å². The highest BCUT2D eigenvalue weighted by molar-refractivity contribution is 8.19. The van der Waals surface area contributed by atoms with Crippen LogP contribution in [0.4, 0.5) is 10.5 Å². The summed E-state index contributed by atoms with van der Waals surface area (Å²) in [6.45, 7) is 0. The Labute approximate surface area is 156 Å². The summed E-state index contributed by atoms with van der Waals surface area (Å²) >= 11 is 0.971. The Balaban J connectivity index is 1.59. The van der Waals surface area contributed by atoms with Gasteiger partial charge in [0.05, 0.1) is 10.6 Å². The fourth-order valence-corrected chi connectivity index (χ4v) is 3.66. The van der Waals surface area contributed by atoms with E-state index in [1.54, 1.807) is 18.2 Å². The van der Waals surface area contributed by atoms with Crippen LogP contribution in [-0.2, 0) is 4.79 Å². The number of para-hydroxylation sites is 1. The summed E-state index contributed by atoms with van der Waals surface area (Å²) in [6.07, 6.45) is 1.77. The van der Waals surface area contributed by atoms with Gasteiger partial charge in [-0.3, -0.25) is 9.59 Å². The first-order valence-electron chi connectivity index (χ1n) is 8.21. The van der Waals surface area contributed by atoms with Crippen LogP contribution >= 0.6 is 11.8 Å². The normalized spacial score (nSPS) is 15.7. The van der Waals surface area contributed by atoms with Gasteiger partial charge in [-0.25, -0.2) is 4.90 Å². The van der Waals surface area contributed by atoms with Crippen LogP contribution in [0.1, 0.15) is 5.56 Å². The van der Waals surface area contributed by atoms with Gasteiger partial charge in [-0.15, -0.1) is 0 Å². The number of thioether (sulfide) groups is 1. The van der Waals surface area contributed by atoms with Crippen molar-refractivity contribution in [2.75, 3.05) is 4.90 Å². The van der Waals surface area contributed by atoms with E-state index in [9.17, 15) is 9.59 Å². The Kier molecular flexibility index (Phi) is 4.42. The molecule has 0 spiro atoms. The summed E-state index contributed by atoms with van der Waals surface area (Å²) < 4.78 is 0. The lowest BCUT2D eigenvalue weighted by Gasteiger charge is -2.11. The van der Waals surface area contributed by atoms with Crippen molar-refractivity contribution in [3.05, 3.63) is 95.4 Å². The zero-order chi connectivity index (χ0) is 17.9. The smallest absolute Gasteiger partial charge is 0.268 e. The topological polar surface area (TPSA) is 37.4 Å². The molecule has 0 unspecified atom stereocenters. The van der Waals surface area contributed by atoms with Crippen LogP contribution in [0.5, 0.6) is 0 Å². The van der Waals surface area contributed by atoms with E-state index in [0.29, 0.717) is 10.6 Å². The fraction of sp³-hybridized carbons (Fsp3) is 0. The molecule has 4 heteroatoms. The Morgan fingerprint density at radius 2 is 1.27 bits per heavy atom. The summed E-state index contributed by atoms with van der Waals surface area (Å²) in [5, 5.41) is -0.270. The molecule has 0 atom stereocenters. The van der Waals surface area contributed by atoms with Gasteiger partial charge in [0, 0.05) is 0 Å². The average Bonchev–Trinajstić information content (AvgIpc) is 2.97. The lowest BCUT2D eigenvalue weighted by Crippen LogP contribution is -2.27. The van der Waals surface area contributed by atoms with Gasteiger partial charge in [-0.05, 0) is 46.7 Å². The first-order chi connectivity index (χ1) is 12.7. The Bertz CT molecular complexity index is 980. The predicted molar refractivity (Wildman–Crippen MR) is 107 cm³/mol. The maximum atomic E-state index is 12.6. The lowest BCUT2D eigenvalue weighted by molar-refractivity contribution is -0.113. The molecule has 3 aromatic rings. The highest BCUT2D eigenvalue weighted by Crippen LogP contribution is 2.35. The number of carbonyl (C=O) groups is 2. The van der Waals surface area contributed by atoms with Crippen LogP contribution in [0.2, 0.25) is 0 Å². The average molecular weight is 357 g/mol. The Morgan fingerprint density at radius 1 is 0.692 bits per heavy atom. The van der Waals surface area contributed by atoms with Crippen molar-refractivity contribution in [2.24, 2.45) is 0 Å². The molecule has 2 amide bonds. The molecule has 0 bridgehead atoms. The SMILES string of the molecule is O=C1S/C(=C/c2ccc(-c3ccccc3)cc2)C(=O)N1c1ccccc1. The molecule has 0 N–H and O–H groups in total. The summed E-state index contributed by atoms with van der Waals surface area (Å²) in [5.74, 6) is -0.279. The maximum Gasteiger partial charge on any atom is 0.298 e. The molecule has 0 saturated carbocycles. The van der Waals surface area contributed by atoms with Crippen LogP contribution in [-0.4, -0.2) is 11.1 Å². The van der Waals surface area contributed by atoms with Crippen molar-refractivity contribution in [1.82, 2.24) is 0 Å². The monoisotopic (exact) mass is 357 g/mol. The minimum absolute atomic E-state index is 0.270. The summed E-state index contributed by atoms with van der Waals surface area (Å²) in [6, 6.07) is 27.0. The number of imide groups is 1. The number of benzene rings is 3. The van der Waals surface area contributed by atoms with E-state index in [-0.39, 0.29) is 11.1 Å². The van der Waals surface area contributed by atoms with E-state index in [0.717, 1.165) is 28.5 Å². The molecule has 1 aliphatic rings. The molecule has 0 radical (unpaired) electrons. The third-order valence-electron chi connectivity index (χ3n) is 4.12. The van der Waals surface area contributed by atoms with Crippen molar-refractivity contribution in [1.29, 1.82) is 0 Å². The fourth-order valence-electron chi connectivity index (χ4n) is 2.82. The summed E-state index contributed by atoms with van der Waals surface area (Å²) in [4.78, 5) is 26.5. The van der Waals surface area contributed by atoms with Gasteiger partial charge in [0.25, 0.3) is 11.1 Å². The van der Waals surface area contributed by atoms with Gasteiger partial charge in [0.2, 0.25) is 0 Å². The molecule has 0 aliphatic carbocycles. The van der Waals surface area contributed by atoms with Gasteiger partial charge < -0.3 is 0 Å². The minimum Gasteiger partial charge on any atom is -0.268 e. The Morgan fingerprint density at radius 3 is 1.92 bits per heavy atom. The first kappa shape index (κ1) is 16.4. The van der Waals surface area contributed by atoms with E-state index < -0.39 is 0 Å². The van der Waals surface area contributed by atoms with Crippen molar-refractivity contribution in [3.8, 4) is 11.1 Å². The van der Waals surface area contributed by atoms with E-state index in [2.05, 4.69) is 12.1 Å². The Hall–Kier alpha value is -3.11. The number of carbonyl (C=O) groups excluding carboxylic acids is 2. The molecule has 26 heavy (non-hydrogen) atoms. The third-order valence-corrected chi connectivity index (χ3v) is 4.99. The molecule has 0 aromatic heterocycles. The molecule has 3 aromatic carbocycles. The standard InChI is InChI=1S/C22H15NO2S/c24-21-20(26-22(25)23(21)19-9-5-2-6-10-19)15-16-11-13-18(14-12-16)17-7-3-1-4-8-17/h1-15H/b20-15+. The van der Waals surface area contributed by atoms with E-state index in [1.165, 1.54) is 4.90 Å². The quantitative estimate of drug-likeness (QED) is 0.573. The number of hydrogen-bond acceptors (Lipinski definition) is 3. The van der Waals surface area contributed by atoms with Crippen LogP contribution in [0, 0.1) is 0 Å². The maximum absolute atomic E-state index is 12.6. The summed E-state index contributed by atoms with van der Waals surface area (Å²) in [7, 11) is 0. The minimum atomic E-state index is -0.279. The number of hydrogen-bond donors (Lipinski definition) is 0. The second kappa shape index (κ2) is 7.02. The second-order valence-corrected chi connectivity index (χ2v) is 6.83. The first-order valence-corrected chi connectivity index (χ1v) is 9.02. The summed E-state index contributed by atoms with van der Waals surface area (Å²) in [5.41, 5.74) is 3.74. The molecular weight excluding hydrogens is 342 g/mol. The highest BCUT2D eigenvalue weighted by atomic mass is 32.2. The van der Waals surface area contributed by atoms with Crippen molar-refractivity contribution in [3.63, 3.8) is 0 Å². The van der Waals surface area contributed by atoms with Gasteiger partial charge >= 0.3 is 0 Å². The van der Waals surface area contributed by atoms with Crippen LogP contribution in [0.15, 0.2) is 89.8 Å². The van der Waals surface area contributed by atoms with Crippen molar-refractivity contribution < 1.29 is 9.59 Å². The van der Waals surface area contributed by atoms with Crippen LogP contribution in [0.3, 0.4) is 0 Å². The number of rotatable bonds is 3. The van der Waals surface area contributed by atoms with Gasteiger partial charge in [0.15, 0.2) is 0 Å². The molecule has 1 fully saturated rings. The van der Waals surface area contributed by atoms with Gasteiger partial charge in [-0.2, -0.15) is 0 Å². The predicted octanol–water partition coefficient (Wildman–Crippen LogP) is 5.59. The molecule has 4 rings (SSSR count).